The molecule has 4 aliphatic rings. The molecule has 2 N–H and O–H groups in total. The Morgan fingerprint density at radius 3 is 2.87 bits per heavy atom. The molecule has 1 aromatic carbocycles. The van der Waals surface area contributed by atoms with Gasteiger partial charge < -0.3 is 25.0 Å². The van der Waals surface area contributed by atoms with E-state index in [2.05, 4.69) is 51.4 Å². The Hall–Kier alpha value is -3.10. The quantitative estimate of drug-likeness (QED) is 0.429. The monoisotopic (exact) mass is 549 g/mol. The van der Waals surface area contributed by atoms with E-state index in [1.54, 1.807) is 6.20 Å². The molecule has 2 aromatic rings. The van der Waals surface area contributed by atoms with Crippen molar-refractivity contribution in [3.8, 4) is 5.75 Å². The summed E-state index contributed by atoms with van der Waals surface area (Å²) in [6.45, 7) is 4.44. The van der Waals surface area contributed by atoms with Gasteiger partial charge >= 0.3 is 5.97 Å². The molecule has 1 fully saturated rings. The molecule has 6 rings (SSSR count). The van der Waals surface area contributed by atoms with Gasteiger partial charge in [-0.05, 0) is 80.8 Å². The first-order chi connectivity index (χ1) is 18.8. The number of carbonyl (C=O) groups is 1. The lowest BCUT2D eigenvalue weighted by atomic mass is 9.79. The fourth-order valence-corrected chi connectivity index (χ4v) is 6.73. The highest BCUT2D eigenvalue weighted by molar-refractivity contribution is 6.33. The fraction of sp³-hybridized carbons (Fsp3) is 0.500. The van der Waals surface area contributed by atoms with Crippen LogP contribution >= 0.6 is 11.6 Å². The van der Waals surface area contributed by atoms with Gasteiger partial charge in [0.05, 0.1) is 24.4 Å². The van der Waals surface area contributed by atoms with E-state index in [0.29, 0.717) is 23.3 Å². The second-order valence-corrected chi connectivity index (χ2v) is 12.0. The molecule has 9 heteroatoms. The number of anilines is 3. The van der Waals surface area contributed by atoms with Gasteiger partial charge in [-0.1, -0.05) is 30.7 Å². The number of rotatable bonds is 7. The first-order valence-electron chi connectivity index (χ1n) is 14.0. The second kappa shape index (κ2) is 10.5. The summed E-state index contributed by atoms with van der Waals surface area (Å²) in [7, 11) is 2.14. The van der Waals surface area contributed by atoms with Crippen molar-refractivity contribution in [2.75, 3.05) is 30.4 Å². The third-order valence-corrected chi connectivity index (χ3v) is 8.76. The van der Waals surface area contributed by atoms with Gasteiger partial charge in [-0.15, -0.1) is 0 Å². The topological polar surface area (TPSA) is 90.8 Å². The number of benzene rings is 1. The third kappa shape index (κ3) is 5.24. The number of hydrogen-bond acceptors (Lipinski definition) is 7. The number of ether oxygens (including phenoxy) is 1. The lowest BCUT2D eigenvalue weighted by molar-refractivity contribution is -0.138. The standard InChI is InChI=1S/C30H36ClN5O3/c1-30(15-27(37)38)18-36(25-10-6-5-9-22(25)30)28-23(31)16-32-29(34-28)33-24-13-20-17-35(2)12-11-19(20)14-26(24)39-21-7-3-4-8-21/h5,9,13-14,16,21H,3-4,6-8,10-12,15,17-18H2,1-2H3,(H,37,38)(H,32,33,34). The summed E-state index contributed by atoms with van der Waals surface area (Å²) >= 11 is 6.68. The maximum Gasteiger partial charge on any atom is 0.304 e. The van der Waals surface area contributed by atoms with Crippen molar-refractivity contribution < 1.29 is 14.6 Å². The van der Waals surface area contributed by atoms with Crippen molar-refractivity contribution >= 4 is 35.0 Å². The Morgan fingerprint density at radius 1 is 1.26 bits per heavy atom. The molecule has 1 atom stereocenters. The van der Waals surface area contributed by atoms with Crippen molar-refractivity contribution in [3.63, 3.8) is 0 Å². The van der Waals surface area contributed by atoms with E-state index in [4.69, 9.17) is 21.3 Å². The molecule has 39 heavy (non-hydrogen) atoms. The molecule has 0 saturated heterocycles. The molecule has 0 spiro atoms. The zero-order valence-corrected chi connectivity index (χ0v) is 23.4. The number of allylic oxidation sites excluding steroid dienone is 3. The number of hydrogen-bond donors (Lipinski definition) is 2. The molecular weight excluding hydrogens is 514 g/mol. The van der Waals surface area contributed by atoms with Gasteiger partial charge in [0.2, 0.25) is 5.95 Å². The largest absolute Gasteiger partial charge is 0.488 e. The molecule has 0 bridgehead atoms. The minimum Gasteiger partial charge on any atom is -0.488 e. The van der Waals surface area contributed by atoms with E-state index >= 15 is 0 Å². The van der Waals surface area contributed by atoms with Crippen LogP contribution in [0.2, 0.25) is 5.02 Å². The Balaban J connectivity index is 1.34. The SMILES string of the molecule is CN1CCc2cc(OC3CCCC3)c(Nc3ncc(Cl)c(N4CC(C)(CC(=O)O)C5=C4CCC=C5)n3)cc2C1. The number of carboxylic acid groups (broad SMARTS) is 1. The number of likely N-dealkylation sites (N-methyl/N-ethyl adjacent to an activating group) is 1. The van der Waals surface area contributed by atoms with E-state index in [-0.39, 0.29) is 12.5 Å². The molecule has 0 amide bonds. The Kier molecular flexibility index (Phi) is 7.02. The summed E-state index contributed by atoms with van der Waals surface area (Å²) < 4.78 is 6.52. The lowest BCUT2D eigenvalue weighted by Gasteiger charge is -2.28. The van der Waals surface area contributed by atoms with Gasteiger partial charge in [0.15, 0.2) is 5.82 Å². The number of fused-ring (bicyclic) bond motifs is 1. The van der Waals surface area contributed by atoms with Crippen LogP contribution in [0.3, 0.4) is 0 Å². The van der Waals surface area contributed by atoms with Crippen molar-refractivity contribution in [2.45, 2.75) is 70.9 Å². The van der Waals surface area contributed by atoms with Crippen LogP contribution in [0.1, 0.15) is 63.0 Å². The van der Waals surface area contributed by atoms with Crippen LogP contribution in [0.4, 0.5) is 17.5 Å². The number of carboxylic acids is 1. The number of aliphatic carboxylic acids is 1. The van der Waals surface area contributed by atoms with Crippen molar-refractivity contribution in [1.82, 2.24) is 14.9 Å². The molecule has 1 aromatic heterocycles. The zero-order chi connectivity index (χ0) is 27.1. The van der Waals surface area contributed by atoms with Crippen LogP contribution in [0.15, 0.2) is 41.8 Å². The minimum atomic E-state index is -0.811. The van der Waals surface area contributed by atoms with E-state index in [0.717, 1.165) is 67.9 Å². The van der Waals surface area contributed by atoms with Gasteiger partial charge in [-0.3, -0.25) is 4.79 Å². The average Bonchev–Trinajstić information content (AvgIpc) is 3.51. The second-order valence-electron chi connectivity index (χ2n) is 11.6. The molecule has 206 valence electrons. The average molecular weight is 550 g/mol. The molecule has 2 aliphatic carbocycles. The smallest absolute Gasteiger partial charge is 0.304 e. The maximum atomic E-state index is 11.7. The van der Waals surface area contributed by atoms with Crippen LogP contribution in [-0.2, 0) is 17.8 Å². The summed E-state index contributed by atoms with van der Waals surface area (Å²) in [6.07, 6.45) is 13.4. The van der Waals surface area contributed by atoms with E-state index in [1.165, 1.54) is 24.0 Å². The van der Waals surface area contributed by atoms with Gasteiger partial charge in [0.1, 0.15) is 10.8 Å². The molecule has 2 aliphatic heterocycles. The van der Waals surface area contributed by atoms with Crippen LogP contribution in [0.25, 0.3) is 0 Å². The number of halogens is 1. The number of aromatic nitrogens is 2. The molecule has 1 saturated carbocycles. The zero-order valence-electron chi connectivity index (χ0n) is 22.7. The summed E-state index contributed by atoms with van der Waals surface area (Å²) in [6, 6.07) is 4.38. The normalized spacial score (nSPS) is 23.2. The van der Waals surface area contributed by atoms with Crippen molar-refractivity contribution in [3.05, 3.63) is 57.9 Å². The molecule has 1 unspecified atom stereocenters. The number of nitrogens with one attached hydrogen (secondary N) is 1. The molecule has 8 nitrogen and oxygen atoms in total. The molecule has 0 radical (unpaired) electrons. The van der Waals surface area contributed by atoms with Crippen LogP contribution in [0, 0.1) is 5.41 Å². The highest BCUT2D eigenvalue weighted by Gasteiger charge is 2.43. The van der Waals surface area contributed by atoms with E-state index in [1.807, 2.05) is 6.92 Å². The first kappa shape index (κ1) is 26.1. The molecular formula is C30H36ClN5O3. The highest BCUT2D eigenvalue weighted by atomic mass is 35.5. The van der Waals surface area contributed by atoms with Gasteiger partial charge in [0.25, 0.3) is 0 Å². The summed E-state index contributed by atoms with van der Waals surface area (Å²) in [5, 5.41) is 13.5. The van der Waals surface area contributed by atoms with E-state index in [9.17, 15) is 9.90 Å². The Morgan fingerprint density at radius 2 is 2.08 bits per heavy atom. The number of nitrogens with zero attached hydrogens (tertiary/aromatic N) is 4. The summed E-state index contributed by atoms with van der Waals surface area (Å²) in [4.78, 5) is 25.6. The van der Waals surface area contributed by atoms with Crippen molar-refractivity contribution in [2.24, 2.45) is 5.41 Å². The van der Waals surface area contributed by atoms with Gasteiger partial charge in [-0.25, -0.2) is 4.98 Å². The Bertz CT molecular complexity index is 1350. The summed E-state index contributed by atoms with van der Waals surface area (Å²) in [5.41, 5.74) is 5.12. The summed E-state index contributed by atoms with van der Waals surface area (Å²) in [5.74, 6) is 1.08. The highest BCUT2D eigenvalue weighted by Crippen LogP contribution is 2.48. The predicted molar refractivity (Wildman–Crippen MR) is 153 cm³/mol. The third-order valence-electron chi connectivity index (χ3n) is 8.50. The Labute approximate surface area is 234 Å². The lowest BCUT2D eigenvalue weighted by Crippen LogP contribution is -2.30. The van der Waals surface area contributed by atoms with E-state index < -0.39 is 11.4 Å². The van der Waals surface area contributed by atoms with Gasteiger partial charge in [-0.2, -0.15) is 4.98 Å². The predicted octanol–water partition coefficient (Wildman–Crippen LogP) is 6.09. The van der Waals surface area contributed by atoms with Gasteiger partial charge in [0, 0.05) is 30.7 Å². The fourth-order valence-electron chi connectivity index (χ4n) is 6.54. The minimum absolute atomic E-state index is 0.0475. The van der Waals surface area contributed by atoms with Crippen LogP contribution in [-0.4, -0.2) is 52.2 Å². The van der Waals surface area contributed by atoms with Crippen molar-refractivity contribution in [1.29, 1.82) is 0 Å². The maximum absolute atomic E-state index is 11.7. The van der Waals surface area contributed by atoms with Crippen LogP contribution < -0.4 is 15.0 Å². The first-order valence-corrected chi connectivity index (χ1v) is 14.4. The van der Waals surface area contributed by atoms with Crippen LogP contribution in [0.5, 0.6) is 5.75 Å². The molecule has 3 heterocycles.